The van der Waals surface area contributed by atoms with E-state index in [1.54, 1.807) is 6.92 Å². The highest BCUT2D eigenvalue weighted by atomic mass is 35.5. The van der Waals surface area contributed by atoms with E-state index in [1.807, 2.05) is 6.92 Å². The number of nitro groups is 1. The van der Waals surface area contributed by atoms with Crippen molar-refractivity contribution in [2.45, 2.75) is 20.3 Å². The molecule has 0 spiro atoms. The topological polar surface area (TPSA) is 89.8 Å². The number of amides is 1. The van der Waals surface area contributed by atoms with E-state index in [0.717, 1.165) is 0 Å². The molecule has 0 aromatic heterocycles. The van der Waals surface area contributed by atoms with Crippen LogP contribution in [0.5, 0.6) is 0 Å². The van der Waals surface area contributed by atoms with Gasteiger partial charge >= 0.3 is 5.97 Å². The monoisotopic (exact) mass is 364 g/mol. The van der Waals surface area contributed by atoms with E-state index in [9.17, 15) is 19.7 Å². The Morgan fingerprint density at radius 3 is 2.68 bits per heavy atom. The van der Waals surface area contributed by atoms with Gasteiger partial charge in [0.15, 0.2) is 0 Å². The van der Waals surface area contributed by atoms with Gasteiger partial charge in [-0.05, 0) is 25.5 Å². The van der Waals surface area contributed by atoms with Gasteiger partial charge < -0.3 is 9.64 Å². The second-order valence-electron chi connectivity index (χ2n) is 5.43. The van der Waals surface area contributed by atoms with Gasteiger partial charge in [-0.25, -0.2) is 4.79 Å². The van der Waals surface area contributed by atoms with E-state index in [0.29, 0.717) is 18.7 Å². The second-order valence-corrected chi connectivity index (χ2v) is 5.84. The third kappa shape index (κ3) is 3.56. The molecule has 0 unspecified atom stereocenters. The van der Waals surface area contributed by atoms with Crippen LogP contribution in [0.15, 0.2) is 35.0 Å². The van der Waals surface area contributed by atoms with Gasteiger partial charge in [0, 0.05) is 35.0 Å². The third-order valence-electron chi connectivity index (χ3n) is 3.84. The number of allylic oxidation sites excluding steroid dienone is 1. The molecule has 1 aromatic carbocycles. The Morgan fingerprint density at radius 2 is 2.12 bits per heavy atom. The molecule has 0 saturated heterocycles. The fourth-order valence-electron chi connectivity index (χ4n) is 2.63. The smallest absolute Gasteiger partial charge is 0.340 e. The molecule has 1 aromatic rings. The molecule has 0 fully saturated rings. The maximum Gasteiger partial charge on any atom is 0.340 e. The molecule has 1 amide bonds. The maximum atomic E-state index is 12.7. The van der Waals surface area contributed by atoms with Gasteiger partial charge in [0.25, 0.3) is 11.6 Å². The lowest BCUT2D eigenvalue weighted by Crippen LogP contribution is -2.25. The van der Waals surface area contributed by atoms with Crippen molar-refractivity contribution in [3.63, 3.8) is 0 Å². The van der Waals surface area contributed by atoms with Crippen LogP contribution in [0, 0.1) is 10.1 Å². The largest absolute Gasteiger partial charge is 0.465 e. The molecule has 1 aliphatic rings. The Balaban J connectivity index is 2.61. The average Bonchev–Trinajstić information content (AvgIpc) is 2.80. The Bertz CT molecular complexity index is 813. The van der Waals surface area contributed by atoms with E-state index in [1.165, 1.54) is 36.3 Å². The van der Waals surface area contributed by atoms with Crippen molar-refractivity contribution < 1.29 is 19.2 Å². The molecule has 132 valence electrons. The molecule has 0 atom stereocenters. The third-order valence-corrected chi connectivity index (χ3v) is 4.18. The summed E-state index contributed by atoms with van der Waals surface area (Å²) >= 11 is 6.10. The summed E-state index contributed by atoms with van der Waals surface area (Å²) in [5.74, 6) is -1.00. The first-order chi connectivity index (χ1) is 11.8. The zero-order chi connectivity index (χ0) is 18.7. The van der Waals surface area contributed by atoms with Crippen molar-refractivity contribution in [3.05, 3.63) is 55.7 Å². The first kappa shape index (κ1) is 18.7. The van der Waals surface area contributed by atoms with E-state index in [4.69, 9.17) is 16.3 Å². The summed E-state index contributed by atoms with van der Waals surface area (Å²) in [6.07, 6.45) is 2.10. The van der Waals surface area contributed by atoms with Crippen LogP contribution in [0.25, 0.3) is 6.08 Å². The molecule has 0 aliphatic carbocycles. The minimum atomic E-state index is -0.641. The van der Waals surface area contributed by atoms with Crippen LogP contribution in [0.1, 0.15) is 25.8 Å². The summed E-state index contributed by atoms with van der Waals surface area (Å²) < 4.78 is 4.78. The molecule has 0 N–H and O–H groups in total. The van der Waals surface area contributed by atoms with Gasteiger partial charge in [-0.15, -0.1) is 0 Å². The van der Waals surface area contributed by atoms with Gasteiger partial charge in [-0.3, -0.25) is 14.9 Å². The van der Waals surface area contributed by atoms with E-state index < -0.39 is 10.9 Å². The molecule has 0 saturated carbocycles. The van der Waals surface area contributed by atoms with Crippen molar-refractivity contribution in [2.75, 3.05) is 13.7 Å². The predicted octanol–water partition coefficient (Wildman–Crippen LogP) is 3.33. The Morgan fingerprint density at radius 1 is 1.44 bits per heavy atom. The summed E-state index contributed by atoms with van der Waals surface area (Å²) in [5, 5.41) is 11.2. The molecule has 8 heteroatoms. The first-order valence-corrected chi connectivity index (χ1v) is 7.96. The number of carbonyl (C=O) groups is 2. The van der Waals surface area contributed by atoms with E-state index >= 15 is 0 Å². The molecular formula is C17H17ClN2O5. The van der Waals surface area contributed by atoms with Gasteiger partial charge in [0.1, 0.15) is 0 Å². The molecule has 1 heterocycles. The highest BCUT2D eigenvalue weighted by molar-refractivity contribution is 6.32. The Kier molecular flexibility index (Phi) is 5.58. The number of carbonyl (C=O) groups excluding carboxylic acids is 2. The highest BCUT2D eigenvalue weighted by Crippen LogP contribution is 2.33. The summed E-state index contributed by atoms with van der Waals surface area (Å²) in [4.78, 5) is 36.7. The molecule has 1 aliphatic heterocycles. The maximum absolute atomic E-state index is 12.7. The second kappa shape index (κ2) is 7.48. The lowest BCUT2D eigenvalue weighted by Gasteiger charge is -2.16. The summed E-state index contributed by atoms with van der Waals surface area (Å²) in [6.45, 7) is 4.03. The van der Waals surface area contributed by atoms with E-state index in [-0.39, 0.29) is 33.3 Å². The number of nitrogens with zero attached hydrogens (tertiary/aromatic N) is 2. The summed E-state index contributed by atoms with van der Waals surface area (Å²) in [5.41, 5.74) is 0.870. The minimum absolute atomic E-state index is 0.111. The molecular weight excluding hydrogens is 348 g/mol. The fraction of sp³-hybridized carbons (Fsp3) is 0.294. The van der Waals surface area contributed by atoms with Gasteiger partial charge in [-0.2, -0.15) is 0 Å². The van der Waals surface area contributed by atoms with Gasteiger partial charge in [0.2, 0.25) is 0 Å². The minimum Gasteiger partial charge on any atom is -0.465 e. The van der Waals surface area contributed by atoms with Crippen molar-refractivity contribution in [3.8, 4) is 0 Å². The molecule has 0 bridgehead atoms. The molecule has 25 heavy (non-hydrogen) atoms. The number of hydrogen-bond acceptors (Lipinski definition) is 5. The quantitative estimate of drug-likeness (QED) is 0.346. The summed E-state index contributed by atoms with van der Waals surface area (Å²) in [6, 6.07) is 3.91. The number of hydrogen-bond donors (Lipinski definition) is 0. The van der Waals surface area contributed by atoms with Crippen molar-refractivity contribution in [1.29, 1.82) is 0 Å². The zero-order valence-electron chi connectivity index (χ0n) is 14.0. The number of esters is 1. The van der Waals surface area contributed by atoms with Crippen LogP contribution in [-0.2, 0) is 14.3 Å². The lowest BCUT2D eigenvalue weighted by atomic mass is 10.0. The number of benzene rings is 1. The molecule has 7 nitrogen and oxygen atoms in total. The Labute approximate surface area is 149 Å². The number of rotatable bonds is 5. The van der Waals surface area contributed by atoms with Crippen molar-refractivity contribution in [2.24, 2.45) is 0 Å². The average molecular weight is 365 g/mol. The summed E-state index contributed by atoms with van der Waals surface area (Å²) in [7, 11) is 1.23. The Hall–Kier alpha value is -2.67. The number of methoxy groups -OCH3 is 1. The van der Waals surface area contributed by atoms with Crippen molar-refractivity contribution in [1.82, 2.24) is 4.90 Å². The normalized spacial score (nSPS) is 15.9. The van der Waals surface area contributed by atoms with Gasteiger partial charge in [0.05, 0.1) is 23.2 Å². The van der Waals surface area contributed by atoms with Crippen molar-refractivity contribution >= 4 is 35.2 Å². The molecule has 0 radical (unpaired) electrons. The zero-order valence-corrected chi connectivity index (χ0v) is 14.8. The van der Waals surface area contributed by atoms with Crippen LogP contribution >= 0.6 is 11.6 Å². The van der Waals surface area contributed by atoms with Crippen LogP contribution in [0.4, 0.5) is 5.69 Å². The molecule has 2 rings (SSSR count). The van der Waals surface area contributed by atoms with Crippen LogP contribution < -0.4 is 0 Å². The number of non-ortho nitro benzene ring substituents is 1. The van der Waals surface area contributed by atoms with Gasteiger partial charge in [-0.1, -0.05) is 18.5 Å². The van der Waals surface area contributed by atoms with Crippen LogP contribution in [-0.4, -0.2) is 35.4 Å². The number of halogens is 1. The van der Waals surface area contributed by atoms with Crippen LogP contribution in [0.3, 0.4) is 0 Å². The number of ether oxygens (including phenoxy) is 1. The number of nitro benzene ring substituents is 1. The van der Waals surface area contributed by atoms with E-state index in [2.05, 4.69) is 0 Å². The fourth-order valence-corrected chi connectivity index (χ4v) is 2.80. The lowest BCUT2D eigenvalue weighted by molar-refractivity contribution is -0.384. The van der Waals surface area contributed by atoms with Crippen LogP contribution in [0.2, 0.25) is 5.02 Å². The highest BCUT2D eigenvalue weighted by Gasteiger charge is 2.36. The standard InChI is InChI=1S/C17H17ClN2O5/c1-4-7-19-10(2)15(17(22)25-3)13(16(19)21)9-11-8-12(20(23)24)5-6-14(11)18/h5-6,8-9H,4,7H2,1-3H3/b13-9-. The first-order valence-electron chi connectivity index (χ1n) is 7.58. The SMILES string of the molecule is CCCN1C(=O)/C(=C\c2cc([N+](=O)[O-])ccc2Cl)C(C(=O)OC)=C1C. The predicted molar refractivity (Wildman–Crippen MR) is 92.8 cm³/mol.